The number of hydrazone groups is 1. The van der Waals surface area contributed by atoms with Crippen LogP contribution >= 0.6 is 0 Å². The molecule has 1 amide bonds. The number of nitrogens with zero attached hydrogens (tertiary/aromatic N) is 2. The van der Waals surface area contributed by atoms with Gasteiger partial charge in [0.1, 0.15) is 5.75 Å². The Morgan fingerprint density at radius 2 is 1.85 bits per heavy atom. The van der Waals surface area contributed by atoms with Crippen LogP contribution in [0.25, 0.3) is 0 Å². The molecular weight excluding hydrogens is 349 g/mol. The minimum absolute atomic E-state index is 0.0572. The number of rotatable bonds is 4. The van der Waals surface area contributed by atoms with Crippen LogP contribution in [0.5, 0.6) is 5.75 Å². The van der Waals surface area contributed by atoms with E-state index in [2.05, 4.69) is 5.10 Å². The molecule has 0 fully saturated rings. The van der Waals surface area contributed by atoms with Gasteiger partial charge in [0.05, 0.1) is 0 Å². The van der Waals surface area contributed by atoms with Gasteiger partial charge >= 0.3 is 6.18 Å². The predicted octanol–water partition coefficient (Wildman–Crippen LogP) is 3.61. The zero-order valence-electron chi connectivity index (χ0n) is 15.2. The van der Waals surface area contributed by atoms with Crippen molar-refractivity contribution in [1.29, 1.82) is 0 Å². The number of hydrogen-bond donors (Lipinski definition) is 1. The van der Waals surface area contributed by atoms with Crippen molar-refractivity contribution in [1.82, 2.24) is 5.01 Å². The molecule has 1 N–H and O–H groups in total. The van der Waals surface area contributed by atoms with Gasteiger partial charge in [-0.25, -0.2) is 0 Å². The van der Waals surface area contributed by atoms with Crippen LogP contribution in [0.1, 0.15) is 46.1 Å². The summed E-state index contributed by atoms with van der Waals surface area (Å²) in [5.74, 6) is -0.714. The molecule has 0 radical (unpaired) electrons. The standard InChI is InChI=1S/C18H23F3N2O3/c1-5-13-10-17(25,18(19,20)21)23(22-13)15(24)11-26-14-8-6-12(7-9-14)16(2,3)4/h6-9,25H,5,10-11H2,1-4H3. The third kappa shape index (κ3) is 4.00. The number of aliphatic hydroxyl groups is 1. The summed E-state index contributed by atoms with van der Waals surface area (Å²) in [6, 6.07) is 6.95. The fraction of sp³-hybridized carbons (Fsp3) is 0.556. The molecule has 1 aromatic rings. The number of alkyl halides is 3. The number of hydrogen-bond acceptors (Lipinski definition) is 4. The van der Waals surface area contributed by atoms with Crippen molar-refractivity contribution in [2.75, 3.05) is 6.61 Å². The topological polar surface area (TPSA) is 62.1 Å². The van der Waals surface area contributed by atoms with Crippen molar-refractivity contribution < 1.29 is 27.8 Å². The Labute approximate surface area is 150 Å². The summed E-state index contributed by atoms with van der Waals surface area (Å²) in [6.45, 7) is 7.08. The predicted molar refractivity (Wildman–Crippen MR) is 90.8 cm³/mol. The minimum atomic E-state index is -5.02. The Kier molecular flexibility index (Phi) is 5.37. The second-order valence-corrected chi connectivity index (χ2v) is 7.28. The van der Waals surface area contributed by atoms with Gasteiger partial charge in [-0.05, 0) is 29.5 Å². The molecule has 26 heavy (non-hydrogen) atoms. The van der Waals surface area contributed by atoms with Crippen LogP contribution < -0.4 is 4.74 Å². The monoisotopic (exact) mass is 372 g/mol. The minimum Gasteiger partial charge on any atom is -0.484 e. The maximum absolute atomic E-state index is 13.2. The van der Waals surface area contributed by atoms with E-state index < -0.39 is 30.8 Å². The van der Waals surface area contributed by atoms with E-state index in [4.69, 9.17) is 4.74 Å². The van der Waals surface area contributed by atoms with Crippen LogP contribution in [0, 0.1) is 0 Å². The molecule has 1 aliphatic heterocycles. The smallest absolute Gasteiger partial charge is 0.438 e. The molecule has 8 heteroatoms. The second-order valence-electron chi connectivity index (χ2n) is 7.28. The molecule has 1 aromatic carbocycles. The van der Waals surface area contributed by atoms with Gasteiger partial charge in [0.25, 0.3) is 11.6 Å². The van der Waals surface area contributed by atoms with Crippen LogP contribution in [0.3, 0.4) is 0 Å². The summed E-state index contributed by atoms with van der Waals surface area (Å²) < 4.78 is 45.0. The average molecular weight is 372 g/mol. The number of ether oxygens (including phenoxy) is 1. The number of carbonyl (C=O) groups is 1. The summed E-state index contributed by atoms with van der Waals surface area (Å²) in [6.07, 6.45) is -5.56. The summed E-state index contributed by atoms with van der Waals surface area (Å²) in [4.78, 5) is 12.2. The molecule has 0 saturated carbocycles. The van der Waals surface area contributed by atoms with E-state index in [0.717, 1.165) is 5.56 Å². The highest BCUT2D eigenvalue weighted by atomic mass is 19.4. The van der Waals surface area contributed by atoms with Gasteiger partial charge in [0, 0.05) is 12.1 Å². The molecule has 144 valence electrons. The van der Waals surface area contributed by atoms with Crippen LogP contribution in [0.4, 0.5) is 13.2 Å². The van der Waals surface area contributed by atoms with Gasteiger partial charge < -0.3 is 9.84 Å². The van der Waals surface area contributed by atoms with E-state index in [1.807, 2.05) is 32.9 Å². The molecule has 0 spiro atoms. The first kappa shape index (κ1) is 20.2. The number of halogens is 3. The van der Waals surface area contributed by atoms with Crippen LogP contribution in [-0.4, -0.2) is 40.2 Å². The zero-order chi connectivity index (χ0) is 19.8. The molecular formula is C18H23F3N2O3. The second kappa shape index (κ2) is 6.90. The average Bonchev–Trinajstić information content (AvgIpc) is 2.90. The van der Waals surface area contributed by atoms with E-state index in [9.17, 15) is 23.1 Å². The van der Waals surface area contributed by atoms with E-state index in [-0.39, 0.29) is 22.6 Å². The molecule has 1 heterocycles. The normalized spacial score (nSPS) is 20.9. The van der Waals surface area contributed by atoms with Crippen molar-refractivity contribution in [3.63, 3.8) is 0 Å². The fourth-order valence-corrected chi connectivity index (χ4v) is 2.55. The Morgan fingerprint density at radius 3 is 2.31 bits per heavy atom. The molecule has 1 atom stereocenters. The zero-order valence-corrected chi connectivity index (χ0v) is 15.2. The Bertz CT molecular complexity index is 693. The lowest BCUT2D eigenvalue weighted by atomic mass is 9.87. The third-order valence-electron chi connectivity index (χ3n) is 4.22. The first-order chi connectivity index (χ1) is 11.9. The van der Waals surface area contributed by atoms with Crippen molar-refractivity contribution in [3.05, 3.63) is 29.8 Å². The molecule has 0 aliphatic carbocycles. The Hall–Kier alpha value is -2.09. The van der Waals surface area contributed by atoms with E-state index in [1.54, 1.807) is 19.1 Å². The van der Waals surface area contributed by atoms with Crippen LogP contribution in [0.15, 0.2) is 29.4 Å². The van der Waals surface area contributed by atoms with E-state index in [0.29, 0.717) is 5.75 Å². The molecule has 0 saturated heterocycles. The summed E-state index contributed by atoms with van der Waals surface area (Å²) in [7, 11) is 0. The Balaban J connectivity index is 2.10. The van der Waals surface area contributed by atoms with E-state index >= 15 is 0 Å². The van der Waals surface area contributed by atoms with Crippen LogP contribution in [0.2, 0.25) is 0 Å². The highest BCUT2D eigenvalue weighted by Gasteiger charge is 2.62. The summed E-state index contributed by atoms with van der Waals surface area (Å²) in [5.41, 5.74) is -2.22. The van der Waals surface area contributed by atoms with E-state index in [1.165, 1.54) is 0 Å². The first-order valence-electron chi connectivity index (χ1n) is 8.30. The number of amides is 1. The molecule has 5 nitrogen and oxygen atoms in total. The van der Waals surface area contributed by atoms with Gasteiger partial charge in [-0.15, -0.1) is 0 Å². The van der Waals surface area contributed by atoms with Crippen molar-refractivity contribution in [2.24, 2.45) is 5.10 Å². The highest BCUT2D eigenvalue weighted by molar-refractivity contribution is 5.90. The molecule has 1 aliphatic rings. The SMILES string of the molecule is CCC1=NN(C(=O)COc2ccc(C(C)(C)C)cc2)C(O)(C(F)(F)F)C1. The number of carbonyl (C=O) groups excluding carboxylic acids is 1. The first-order valence-corrected chi connectivity index (χ1v) is 8.30. The summed E-state index contributed by atoms with van der Waals surface area (Å²) in [5, 5.41) is 13.7. The number of benzene rings is 1. The Morgan fingerprint density at radius 1 is 1.27 bits per heavy atom. The highest BCUT2D eigenvalue weighted by Crippen LogP contribution is 2.40. The van der Waals surface area contributed by atoms with Gasteiger partial charge in [-0.2, -0.15) is 23.3 Å². The molecule has 0 aromatic heterocycles. The fourth-order valence-electron chi connectivity index (χ4n) is 2.55. The van der Waals surface area contributed by atoms with Gasteiger partial charge in [0.2, 0.25) is 0 Å². The largest absolute Gasteiger partial charge is 0.484 e. The maximum Gasteiger partial charge on any atom is 0.438 e. The summed E-state index contributed by atoms with van der Waals surface area (Å²) >= 11 is 0. The maximum atomic E-state index is 13.2. The molecule has 0 bridgehead atoms. The van der Waals surface area contributed by atoms with Crippen molar-refractivity contribution in [2.45, 2.75) is 57.9 Å². The lowest BCUT2D eigenvalue weighted by Gasteiger charge is -2.32. The van der Waals surface area contributed by atoms with Gasteiger partial charge in [-0.1, -0.05) is 39.8 Å². The lowest BCUT2D eigenvalue weighted by Crippen LogP contribution is -2.57. The van der Waals surface area contributed by atoms with Gasteiger partial charge in [-0.3, -0.25) is 4.79 Å². The lowest BCUT2D eigenvalue weighted by molar-refractivity contribution is -0.302. The van der Waals surface area contributed by atoms with Gasteiger partial charge in [0.15, 0.2) is 6.61 Å². The van der Waals surface area contributed by atoms with Crippen molar-refractivity contribution in [3.8, 4) is 5.75 Å². The third-order valence-corrected chi connectivity index (χ3v) is 4.22. The molecule has 2 rings (SSSR count). The molecule has 1 unspecified atom stereocenters. The quantitative estimate of drug-likeness (QED) is 0.878. The van der Waals surface area contributed by atoms with Crippen molar-refractivity contribution >= 4 is 11.6 Å². The van der Waals surface area contributed by atoms with Crippen LogP contribution in [-0.2, 0) is 10.2 Å².